The first-order chi connectivity index (χ1) is 22.0. The molecule has 10 atom stereocenters. The molecule has 0 amide bonds. The molecule has 0 aromatic carbocycles. The van der Waals surface area contributed by atoms with E-state index in [1.54, 1.807) is 0 Å². The van der Waals surface area contributed by atoms with Crippen molar-refractivity contribution >= 4 is 0 Å². The van der Waals surface area contributed by atoms with Crippen LogP contribution in [-0.2, 0) is 9.47 Å². The first-order valence-electron chi connectivity index (χ1n) is 19.7. The van der Waals surface area contributed by atoms with Crippen LogP contribution >= 0.6 is 0 Å². The topological polar surface area (TPSA) is 71.2 Å². The molecule has 0 aromatic heterocycles. The zero-order valence-corrected chi connectivity index (χ0v) is 34.7. The van der Waals surface area contributed by atoms with Gasteiger partial charge in [0.15, 0.2) is 0 Å². The molecular formula is C42H91N3O3. The Morgan fingerprint density at radius 1 is 0.979 bits per heavy atom. The summed E-state index contributed by atoms with van der Waals surface area (Å²) < 4.78 is 11.7. The van der Waals surface area contributed by atoms with Gasteiger partial charge in [-0.2, -0.15) is 0 Å². The standard InChI is InChI=1S/C20H41NO2.C10H21N.C9H19NO.C2H6.CH4/c1-9-11-15(3)13-21(8)18(6)20(10-2)23-19(7)17(5)12-16(4)14-22;1-8-5-9(2)7-10(6-8)11(3)4;1-4-9(3)5-6-11-7(2)8(9)10;1-2;/h15-18,20,22H,7,9-14H2,1-6,8H3;8-10H,5-7H2,1-4H3;7-8H,4-6,10H2,1-3H3;1-2H3;1H4/t15-,16?,17?,18+,20-;;;;/m1..../s1. The summed E-state index contributed by atoms with van der Waals surface area (Å²) in [5.41, 5.74) is 6.35. The predicted molar refractivity (Wildman–Crippen MR) is 215 cm³/mol. The number of aliphatic hydroxyl groups is 1. The van der Waals surface area contributed by atoms with Crippen molar-refractivity contribution in [2.45, 2.75) is 186 Å². The summed E-state index contributed by atoms with van der Waals surface area (Å²) in [6, 6.07) is 1.42. The monoisotopic (exact) mass is 686 g/mol. The van der Waals surface area contributed by atoms with E-state index >= 15 is 0 Å². The second kappa shape index (κ2) is 28.0. The van der Waals surface area contributed by atoms with Gasteiger partial charge in [0, 0.05) is 43.8 Å². The van der Waals surface area contributed by atoms with E-state index in [1.807, 2.05) is 13.8 Å². The average Bonchev–Trinajstić information content (AvgIpc) is 3.03. The molecule has 7 unspecified atom stereocenters. The van der Waals surface area contributed by atoms with Gasteiger partial charge in [0.2, 0.25) is 0 Å². The first-order valence-corrected chi connectivity index (χ1v) is 19.7. The van der Waals surface area contributed by atoms with E-state index in [9.17, 15) is 5.11 Å². The highest BCUT2D eigenvalue weighted by molar-refractivity contribution is 4.93. The number of aliphatic hydroxyl groups excluding tert-OH is 1. The van der Waals surface area contributed by atoms with Crippen molar-refractivity contribution < 1.29 is 14.6 Å². The third-order valence-electron chi connectivity index (χ3n) is 11.0. The Balaban J connectivity index is -0.000000673. The molecule has 0 aromatic rings. The zero-order valence-electron chi connectivity index (χ0n) is 34.7. The summed E-state index contributed by atoms with van der Waals surface area (Å²) in [7, 11) is 6.60. The average molecular weight is 686 g/mol. The smallest absolute Gasteiger partial charge is 0.113 e. The fraction of sp³-hybridized carbons (Fsp3) is 0.952. The van der Waals surface area contributed by atoms with Crippen LogP contribution < -0.4 is 5.73 Å². The molecule has 6 nitrogen and oxygen atoms in total. The Labute approximate surface area is 303 Å². The van der Waals surface area contributed by atoms with Gasteiger partial charge in [0.25, 0.3) is 0 Å². The van der Waals surface area contributed by atoms with Crippen molar-refractivity contribution in [1.82, 2.24) is 9.80 Å². The maximum absolute atomic E-state index is 9.20. The molecule has 2 rings (SSSR count). The van der Waals surface area contributed by atoms with Crippen LogP contribution in [0.1, 0.15) is 155 Å². The van der Waals surface area contributed by atoms with E-state index in [0.29, 0.717) is 17.4 Å². The molecule has 6 heteroatoms. The molecular weight excluding hydrogens is 594 g/mol. The summed E-state index contributed by atoms with van der Waals surface area (Å²) >= 11 is 0. The molecule has 1 aliphatic heterocycles. The SMILES string of the molecule is C.C=C(O[C@H](CC)[C@H](C)N(C)C[C@H](C)CCC)C(C)CC(C)CO.CC.CC1CC(C)CC(N(C)C)C1.CCC1(C)CCOC(C)C1N. The van der Waals surface area contributed by atoms with Gasteiger partial charge in [-0.3, -0.25) is 4.90 Å². The second-order valence-corrected chi connectivity index (χ2v) is 15.9. The first kappa shape index (κ1) is 51.7. The Kier molecular flexibility index (Phi) is 30.2. The van der Waals surface area contributed by atoms with E-state index in [-0.39, 0.29) is 38.2 Å². The minimum absolute atomic E-state index is 0. The largest absolute Gasteiger partial charge is 0.494 e. The number of hydrogen-bond donors (Lipinski definition) is 2. The van der Waals surface area contributed by atoms with Crippen LogP contribution in [0, 0.1) is 35.0 Å². The lowest BCUT2D eigenvalue weighted by Gasteiger charge is -2.42. The number of allylic oxidation sites excluding steroid dienone is 1. The van der Waals surface area contributed by atoms with Crippen molar-refractivity contribution in [2.75, 3.05) is 40.9 Å². The lowest BCUT2D eigenvalue weighted by molar-refractivity contribution is -0.0520. The van der Waals surface area contributed by atoms with Crippen molar-refractivity contribution in [3.63, 3.8) is 0 Å². The van der Waals surface area contributed by atoms with E-state index in [0.717, 1.165) is 68.4 Å². The summed E-state index contributed by atoms with van der Waals surface area (Å²) in [6.07, 6.45) is 11.3. The molecule has 0 radical (unpaired) electrons. The molecule has 0 bridgehead atoms. The highest BCUT2D eigenvalue weighted by atomic mass is 16.5. The highest BCUT2D eigenvalue weighted by Gasteiger charge is 2.37. The third-order valence-corrected chi connectivity index (χ3v) is 11.0. The molecule has 1 heterocycles. The quantitative estimate of drug-likeness (QED) is 0.167. The van der Waals surface area contributed by atoms with Gasteiger partial charge in [0.1, 0.15) is 6.10 Å². The minimum atomic E-state index is 0. The van der Waals surface area contributed by atoms with Crippen LogP contribution in [0.3, 0.4) is 0 Å². The summed E-state index contributed by atoms with van der Waals surface area (Å²) in [4.78, 5) is 4.80. The maximum atomic E-state index is 9.20. The van der Waals surface area contributed by atoms with E-state index in [2.05, 4.69) is 114 Å². The summed E-state index contributed by atoms with van der Waals surface area (Å²) in [6.45, 7) is 34.8. The van der Waals surface area contributed by atoms with Gasteiger partial charge >= 0.3 is 0 Å². The molecule has 1 saturated carbocycles. The van der Waals surface area contributed by atoms with Crippen LogP contribution in [0.15, 0.2) is 12.3 Å². The van der Waals surface area contributed by atoms with Gasteiger partial charge in [0.05, 0.1) is 11.9 Å². The molecule has 2 fully saturated rings. The maximum Gasteiger partial charge on any atom is 0.113 e. The lowest BCUT2D eigenvalue weighted by atomic mass is 9.74. The van der Waals surface area contributed by atoms with Crippen molar-refractivity contribution in [3.8, 4) is 0 Å². The van der Waals surface area contributed by atoms with Crippen LogP contribution in [0.2, 0.25) is 0 Å². The van der Waals surface area contributed by atoms with E-state index in [4.69, 9.17) is 15.2 Å². The number of rotatable bonds is 15. The molecule has 48 heavy (non-hydrogen) atoms. The molecule has 292 valence electrons. The molecule has 3 N–H and O–H groups in total. The van der Waals surface area contributed by atoms with Gasteiger partial charge < -0.3 is 25.2 Å². The number of likely N-dealkylation sites (N-methyl/N-ethyl adjacent to an activating group) is 1. The third kappa shape index (κ3) is 20.3. The normalized spacial score (nSPS) is 28.5. The number of hydrogen-bond acceptors (Lipinski definition) is 6. The van der Waals surface area contributed by atoms with E-state index in [1.165, 1.54) is 32.1 Å². The van der Waals surface area contributed by atoms with Crippen LogP contribution in [-0.4, -0.2) is 86.1 Å². The summed E-state index contributed by atoms with van der Waals surface area (Å²) in [5, 5.41) is 9.20. The molecule has 1 aliphatic carbocycles. The number of nitrogens with two attached hydrogens (primary N) is 1. The molecule has 0 spiro atoms. The van der Waals surface area contributed by atoms with Crippen LogP contribution in [0.25, 0.3) is 0 Å². The number of ether oxygens (including phenoxy) is 2. The van der Waals surface area contributed by atoms with Gasteiger partial charge in [-0.1, -0.05) is 96.6 Å². The second-order valence-electron chi connectivity index (χ2n) is 15.9. The molecule has 1 saturated heterocycles. The minimum Gasteiger partial charge on any atom is -0.494 e. The van der Waals surface area contributed by atoms with Crippen molar-refractivity contribution in [3.05, 3.63) is 12.3 Å². The lowest BCUT2D eigenvalue weighted by Crippen LogP contribution is -2.51. The van der Waals surface area contributed by atoms with Gasteiger partial charge in [-0.15, -0.1) is 0 Å². The summed E-state index contributed by atoms with van der Waals surface area (Å²) in [5.74, 6) is 4.02. The van der Waals surface area contributed by atoms with Crippen molar-refractivity contribution in [2.24, 2.45) is 40.7 Å². The Bertz CT molecular complexity index is 754. The van der Waals surface area contributed by atoms with Crippen LogP contribution in [0.5, 0.6) is 0 Å². The zero-order chi connectivity index (χ0) is 36.9. The number of nitrogens with zero attached hydrogens (tertiary/aromatic N) is 2. The fourth-order valence-electron chi connectivity index (χ4n) is 7.22. The fourth-order valence-corrected chi connectivity index (χ4v) is 7.22. The molecule has 2 aliphatic rings. The van der Waals surface area contributed by atoms with Gasteiger partial charge in [-0.25, -0.2) is 0 Å². The Morgan fingerprint density at radius 2 is 1.52 bits per heavy atom. The van der Waals surface area contributed by atoms with Crippen LogP contribution in [0.4, 0.5) is 0 Å². The predicted octanol–water partition coefficient (Wildman–Crippen LogP) is 10.3. The van der Waals surface area contributed by atoms with Crippen molar-refractivity contribution in [1.29, 1.82) is 0 Å². The highest BCUT2D eigenvalue weighted by Crippen LogP contribution is 2.35. The van der Waals surface area contributed by atoms with Gasteiger partial charge in [-0.05, 0) is 115 Å². The van der Waals surface area contributed by atoms with E-state index < -0.39 is 0 Å². The Hall–Kier alpha value is -0.660. The Morgan fingerprint density at radius 3 is 1.94 bits per heavy atom.